The summed E-state index contributed by atoms with van der Waals surface area (Å²) < 4.78 is 0. The van der Waals surface area contributed by atoms with Crippen LogP contribution in [0.25, 0.3) is 6.08 Å². The van der Waals surface area contributed by atoms with Crippen LogP contribution in [0.2, 0.25) is 0 Å². The minimum Gasteiger partial charge on any atom is -0.398 e. The lowest BCUT2D eigenvalue weighted by Crippen LogP contribution is -1.87. The number of hydrogen-bond acceptors (Lipinski definition) is 3. The minimum absolute atomic E-state index is 0.169. The molecule has 3 heteroatoms. The number of carbonyl (C=O) groups excluding carboxylic acids is 1. The monoisotopic (exact) mass is 221 g/mol. The number of anilines is 1. The Kier molecular flexibility index (Phi) is 4.98. The van der Waals surface area contributed by atoms with E-state index in [4.69, 9.17) is 5.73 Å². The molecule has 0 aliphatic heterocycles. The third-order valence-corrected chi connectivity index (χ3v) is 2.73. The van der Waals surface area contributed by atoms with Crippen LogP contribution in [0.5, 0.6) is 0 Å². The first-order chi connectivity index (χ1) is 7.20. The van der Waals surface area contributed by atoms with Gasteiger partial charge in [0.2, 0.25) is 0 Å². The highest BCUT2D eigenvalue weighted by Gasteiger charge is 1.93. The van der Waals surface area contributed by atoms with Gasteiger partial charge in [-0.2, -0.15) is 0 Å². The van der Waals surface area contributed by atoms with Crippen molar-refractivity contribution in [1.82, 2.24) is 0 Å². The molecule has 2 N–H and O–H groups in total. The van der Waals surface area contributed by atoms with Gasteiger partial charge in [-0.3, -0.25) is 4.79 Å². The predicted octanol–water partition coefficient (Wildman–Crippen LogP) is 2.95. The van der Waals surface area contributed by atoms with E-state index >= 15 is 0 Å². The van der Waals surface area contributed by atoms with Gasteiger partial charge < -0.3 is 5.73 Å². The summed E-state index contributed by atoms with van der Waals surface area (Å²) in [6.07, 6.45) is 4.93. The van der Waals surface area contributed by atoms with Crippen LogP contribution < -0.4 is 5.73 Å². The summed E-state index contributed by atoms with van der Waals surface area (Å²) in [6.45, 7) is 1.59. The third-order valence-electron chi connectivity index (χ3n) is 1.88. The summed E-state index contributed by atoms with van der Waals surface area (Å²) in [5.41, 5.74) is 7.59. The molecule has 0 aliphatic carbocycles. The van der Waals surface area contributed by atoms with E-state index in [0.717, 1.165) is 23.4 Å². The second-order valence-electron chi connectivity index (χ2n) is 3.16. The van der Waals surface area contributed by atoms with Crippen LogP contribution in [0.4, 0.5) is 5.69 Å². The Balaban J connectivity index is 2.38. The van der Waals surface area contributed by atoms with Crippen molar-refractivity contribution in [1.29, 1.82) is 0 Å². The molecule has 0 amide bonds. The zero-order valence-electron chi connectivity index (χ0n) is 8.77. The van der Waals surface area contributed by atoms with Crippen molar-refractivity contribution < 1.29 is 4.79 Å². The number of thioether (sulfide) groups is 1. The van der Waals surface area contributed by atoms with Crippen LogP contribution in [0.15, 0.2) is 30.3 Å². The van der Waals surface area contributed by atoms with Crippen molar-refractivity contribution in [2.75, 3.05) is 11.5 Å². The summed E-state index contributed by atoms with van der Waals surface area (Å²) in [5.74, 6) is 0.832. The van der Waals surface area contributed by atoms with Crippen LogP contribution in [-0.4, -0.2) is 10.9 Å². The quantitative estimate of drug-likeness (QED) is 0.628. The molecular weight excluding hydrogens is 206 g/mol. The van der Waals surface area contributed by atoms with Crippen molar-refractivity contribution in [2.24, 2.45) is 0 Å². The zero-order chi connectivity index (χ0) is 11.1. The van der Waals surface area contributed by atoms with Crippen molar-refractivity contribution in [3.63, 3.8) is 0 Å². The lowest BCUT2D eigenvalue weighted by molar-refractivity contribution is -0.109. The fraction of sp³-hybridized carbons (Fsp3) is 0.250. The summed E-state index contributed by atoms with van der Waals surface area (Å²) in [5, 5.41) is 0.169. The third kappa shape index (κ3) is 4.70. The first-order valence-corrected chi connectivity index (χ1v) is 5.83. The summed E-state index contributed by atoms with van der Waals surface area (Å²) in [4.78, 5) is 10.6. The molecule has 0 atom stereocenters. The second-order valence-corrected chi connectivity index (χ2v) is 4.43. The van der Waals surface area contributed by atoms with Crippen LogP contribution in [-0.2, 0) is 4.79 Å². The molecule has 1 aromatic carbocycles. The standard InChI is InChI=1S/C12H15NOS/c1-10(14)15-9-5-4-7-11-6-2-3-8-12(11)13/h2-4,6-8H,5,9,13H2,1H3. The SMILES string of the molecule is CC(=O)SCCC=Cc1ccccc1N. The van der Waals surface area contributed by atoms with Gasteiger partial charge in [-0.15, -0.1) is 0 Å². The predicted molar refractivity (Wildman–Crippen MR) is 67.6 cm³/mol. The van der Waals surface area contributed by atoms with Gasteiger partial charge in [-0.1, -0.05) is 42.1 Å². The molecule has 0 heterocycles. The van der Waals surface area contributed by atoms with Gasteiger partial charge in [0, 0.05) is 18.4 Å². The van der Waals surface area contributed by atoms with E-state index in [0.29, 0.717) is 0 Å². The molecule has 80 valence electrons. The van der Waals surface area contributed by atoms with Gasteiger partial charge in [0.15, 0.2) is 5.12 Å². The van der Waals surface area contributed by atoms with Crippen LogP contribution in [0.1, 0.15) is 18.9 Å². The maximum Gasteiger partial charge on any atom is 0.185 e. The highest BCUT2D eigenvalue weighted by Crippen LogP contribution is 2.13. The number of hydrogen-bond donors (Lipinski definition) is 1. The smallest absolute Gasteiger partial charge is 0.185 e. The number of allylic oxidation sites excluding steroid dienone is 1. The fourth-order valence-electron chi connectivity index (χ4n) is 1.14. The average molecular weight is 221 g/mol. The average Bonchev–Trinajstić information content (AvgIpc) is 2.20. The van der Waals surface area contributed by atoms with Crippen molar-refractivity contribution in [3.05, 3.63) is 35.9 Å². The Bertz CT molecular complexity index is 360. The van der Waals surface area contributed by atoms with Crippen LogP contribution in [0.3, 0.4) is 0 Å². The molecule has 0 saturated carbocycles. The van der Waals surface area contributed by atoms with Crippen LogP contribution >= 0.6 is 11.8 Å². The largest absolute Gasteiger partial charge is 0.398 e. The fourth-order valence-corrected chi connectivity index (χ4v) is 1.69. The second kappa shape index (κ2) is 6.30. The highest BCUT2D eigenvalue weighted by atomic mass is 32.2. The Morgan fingerprint density at radius 2 is 2.20 bits per heavy atom. The Hall–Kier alpha value is -1.22. The van der Waals surface area contributed by atoms with Crippen molar-refractivity contribution in [3.8, 4) is 0 Å². The molecule has 2 nitrogen and oxygen atoms in total. The van der Waals surface area contributed by atoms with Crippen molar-refractivity contribution >= 4 is 28.6 Å². The van der Waals surface area contributed by atoms with Gasteiger partial charge >= 0.3 is 0 Å². The zero-order valence-corrected chi connectivity index (χ0v) is 9.59. The molecule has 0 saturated heterocycles. The molecule has 0 aromatic heterocycles. The van der Waals surface area contributed by atoms with Crippen molar-refractivity contribution in [2.45, 2.75) is 13.3 Å². The van der Waals surface area contributed by atoms with Gasteiger partial charge in [0.05, 0.1) is 0 Å². The van der Waals surface area contributed by atoms with E-state index < -0.39 is 0 Å². The first-order valence-electron chi connectivity index (χ1n) is 4.84. The number of nitrogen functional groups attached to an aromatic ring is 1. The summed E-state index contributed by atoms with van der Waals surface area (Å²) in [6, 6.07) is 7.73. The molecule has 0 bridgehead atoms. The molecule has 0 aliphatic rings. The van der Waals surface area contributed by atoms with E-state index in [1.807, 2.05) is 36.4 Å². The van der Waals surface area contributed by atoms with E-state index in [9.17, 15) is 4.79 Å². The number of para-hydroxylation sites is 1. The first kappa shape index (κ1) is 11.9. The lowest BCUT2D eigenvalue weighted by Gasteiger charge is -1.98. The summed E-state index contributed by atoms with van der Waals surface area (Å²) in [7, 11) is 0. The molecular formula is C12H15NOS. The molecule has 1 aromatic rings. The Morgan fingerprint density at radius 3 is 2.87 bits per heavy atom. The topological polar surface area (TPSA) is 43.1 Å². The Labute approximate surface area is 94.6 Å². The number of rotatable bonds is 4. The molecule has 0 unspecified atom stereocenters. The molecule has 0 radical (unpaired) electrons. The van der Waals surface area contributed by atoms with Gasteiger partial charge in [-0.05, 0) is 18.1 Å². The number of nitrogens with two attached hydrogens (primary N) is 1. The number of carbonyl (C=O) groups is 1. The van der Waals surface area contributed by atoms with Crippen LogP contribution in [0, 0.1) is 0 Å². The minimum atomic E-state index is 0.169. The number of benzene rings is 1. The van der Waals surface area contributed by atoms with E-state index in [1.165, 1.54) is 11.8 Å². The molecule has 0 fully saturated rings. The van der Waals surface area contributed by atoms with E-state index in [-0.39, 0.29) is 5.12 Å². The van der Waals surface area contributed by atoms with Gasteiger partial charge in [0.1, 0.15) is 0 Å². The van der Waals surface area contributed by atoms with Gasteiger partial charge in [0.25, 0.3) is 0 Å². The summed E-state index contributed by atoms with van der Waals surface area (Å²) >= 11 is 1.35. The maximum atomic E-state index is 10.6. The molecule has 1 rings (SSSR count). The van der Waals surface area contributed by atoms with E-state index in [2.05, 4.69) is 0 Å². The molecule has 15 heavy (non-hydrogen) atoms. The maximum absolute atomic E-state index is 10.6. The van der Waals surface area contributed by atoms with E-state index in [1.54, 1.807) is 6.92 Å². The lowest BCUT2D eigenvalue weighted by atomic mass is 10.1. The normalized spacial score (nSPS) is 10.7. The highest BCUT2D eigenvalue weighted by molar-refractivity contribution is 8.13. The Morgan fingerprint density at radius 1 is 1.47 bits per heavy atom. The molecule has 0 spiro atoms. The van der Waals surface area contributed by atoms with Gasteiger partial charge in [-0.25, -0.2) is 0 Å².